The minimum Gasteiger partial charge on any atom is -0.456 e. The van der Waals surface area contributed by atoms with Crippen molar-refractivity contribution < 1.29 is 4.74 Å². The van der Waals surface area contributed by atoms with E-state index >= 15 is 0 Å². The van der Waals surface area contributed by atoms with Crippen molar-refractivity contribution in [1.29, 1.82) is 0 Å². The van der Waals surface area contributed by atoms with Gasteiger partial charge in [-0.1, -0.05) is 42.5 Å². The number of ether oxygens (including phenoxy) is 1. The molecule has 0 bridgehead atoms. The number of nitrogens with zero attached hydrogens (tertiary/aromatic N) is 2. The maximum atomic E-state index is 5.79. The summed E-state index contributed by atoms with van der Waals surface area (Å²) in [5.41, 5.74) is 2.42. The minimum atomic E-state index is 0. The molecule has 5 nitrogen and oxygen atoms in total. The number of hydrogen-bond donors (Lipinski definition) is 2. The summed E-state index contributed by atoms with van der Waals surface area (Å²) in [6.45, 7) is 2.87. The van der Waals surface area contributed by atoms with Crippen LogP contribution in [0.25, 0.3) is 0 Å². The first-order valence-corrected chi connectivity index (χ1v) is 9.08. The number of aliphatic imine (C=N–C) groups is 1. The zero-order valence-electron chi connectivity index (χ0n) is 15.6. The number of nitrogens with one attached hydrogen (secondary N) is 2. The Bertz CT molecular complexity index is 901. The maximum absolute atomic E-state index is 5.79. The van der Waals surface area contributed by atoms with Crippen molar-refractivity contribution in [2.24, 2.45) is 4.99 Å². The average Bonchev–Trinajstić information content (AvgIpc) is 3.18. The van der Waals surface area contributed by atoms with Crippen LogP contribution in [0.4, 0.5) is 0 Å². The molecule has 28 heavy (non-hydrogen) atoms. The van der Waals surface area contributed by atoms with Crippen molar-refractivity contribution >= 4 is 29.9 Å². The molecule has 0 saturated carbocycles. The van der Waals surface area contributed by atoms with E-state index in [1.807, 2.05) is 30.3 Å². The number of rotatable bonds is 5. The summed E-state index contributed by atoms with van der Waals surface area (Å²) in [6, 6.07) is 22.6. The van der Waals surface area contributed by atoms with Crippen molar-refractivity contribution in [2.75, 3.05) is 6.54 Å². The van der Waals surface area contributed by atoms with Crippen LogP contribution in [0, 0.1) is 0 Å². The van der Waals surface area contributed by atoms with Gasteiger partial charge < -0.3 is 15.4 Å². The Labute approximate surface area is 182 Å². The van der Waals surface area contributed by atoms with Crippen molar-refractivity contribution in [3.63, 3.8) is 0 Å². The van der Waals surface area contributed by atoms with Crippen molar-refractivity contribution in [3.05, 3.63) is 90.3 Å². The van der Waals surface area contributed by atoms with Gasteiger partial charge in [0.1, 0.15) is 11.5 Å². The fourth-order valence-electron chi connectivity index (χ4n) is 3.06. The number of aromatic nitrogens is 1. The lowest BCUT2D eigenvalue weighted by atomic mass is 10.1. The predicted molar refractivity (Wildman–Crippen MR) is 122 cm³/mol. The van der Waals surface area contributed by atoms with Crippen LogP contribution < -0.4 is 15.4 Å². The van der Waals surface area contributed by atoms with E-state index < -0.39 is 0 Å². The van der Waals surface area contributed by atoms with Gasteiger partial charge in [-0.15, -0.1) is 24.0 Å². The first-order chi connectivity index (χ1) is 13.3. The van der Waals surface area contributed by atoms with E-state index in [1.54, 1.807) is 12.4 Å². The van der Waals surface area contributed by atoms with Crippen LogP contribution in [0.15, 0.2) is 84.1 Å². The van der Waals surface area contributed by atoms with Crippen molar-refractivity contribution in [1.82, 2.24) is 15.6 Å². The molecule has 4 rings (SSSR count). The van der Waals surface area contributed by atoms with Gasteiger partial charge in [-0.3, -0.25) is 9.98 Å². The molecule has 2 N–H and O–H groups in total. The number of pyridine rings is 1. The molecule has 1 aliphatic heterocycles. The van der Waals surface area contributed by atoms with E-state index in [2.05, 4.69) is 63.9 Å². The standard InChI is InChI=1S/C22H22N4O.HI/c1-16(25-22-24-15-21(26-22)18-6-3-2-4-7-18)17-9-11-19(12-10-17)27-20-8-5-13-23-14-20;/h2-14,16,21H,15H2,1H3,(H2,24,25,26);1H. The lowest BCUT2D eigenvalue weighted by Crippen LogP contribution is -2.36. The molecule has 3 aromatic rings. The quantitative estimate of drug-likeness (QED) is 0.507. The third kappa shape index (κ3) is 5.01. The molecule has 144 valence electrons. The number of benzene rings is 2. The van der Waals surface area contributed by atoms with Crippen LogP contribution in [0.5, 0.6) is 11.5 Å². The molecule has 0 saturated heterocycles. The molecule has 6 heteroatoms. The Morgan fingerprint density at radius 3 is 2.50 bits per heavy atom. The summed E-state index contributed by atoms with van der Waals surface area (Å²) >= 11 is 0. The van der Waals surface area contributed by atoms with E-state index in [0.29, 0.717) is 0 Å². The third-order valence-electron chi connectivity index (χ3n) is 4.55. The largest absolute Gasteiger partial charge is 0.456 e. The second-order valence-corrected chi connectivity index (χ2v) is 6.52. The van der Waals surface area contributed by atoms with Crippen LogP contribution in [0.3, 0.4) is 0 Å². The normalized spacial score (nSPS) is 16.3. The molecule has 1 aromatic heterocycles. The van der Waals surface area contributed by atoms with Crippen LogP contribution >= 0.6 is 24.0 Å². The fraction of sp³-hybridized carbons (Fsp3) is 0.182. The molecule has 0 fully saturated rings. The zero-order valence-corrected chi connectivity index (χ0v) is 17.9. The summed E-state index contributed by atoms with van der Waals surface area (Å²) in [4.78, 5) is 8.65. The van der Waals surface area contributed by atoms with Crippen LogP contribution in [0.2, 0.25) is 0 Å². The summed E-state index contributed by atoms with van der Waals surface area (Å²) < 4.78 is 5.79. The number of hydrogen-bond acceptors (Lipinski definition) is 5. The molecule has 1 aliphatic rings. The Morgan fingerprint density at radius 1 is 1.00 bits per heavy atom. The Hall–Kier alpha value is -2.61. The first kappa shape index (κ1) is 20.1. The molecule has 2 aromatic carbocycles. The van der Waals surface area contributed by atoms with Crippen molar-refractivity contribution in [2.45, 2.75) is 19.0 Å². The SMILES string of the molecule is CC(NC1=NCC(c2ccccc2)N1)c1ccc(Oc2cccnc2)cc1.I. The molecular formula is C22H23IN4O. The highest BCUT2D eigenvalue weighted by Crippen LogP contribution is 2.23. The summed E-state index contributed by atoms with van der Waals surface area (Å²) in [5.74, 6) is 2.36. The fourth-order valence-corrected chi connectivity index (χ4v) is 3.06. The first-order valence-electron chi connectivity index (χ1n) is 9.08. The summed E-state index contributed by atoms with van der Waals surface area (Å²) in [5, 5.41) is 6.91. The zero-order chi connectivity index (χ0) is 18.5. The van der Waals surface area contributed by atoms with E-state index in [0.717, 1.165) is 24.0 Å². The smallest absolute Gasteiger partial charge is 0.192 e. The van der Waals surface area contributed by atoms with Gasteiger partial charge in [0.25, 0.3) is 0 Å². The van der Waals surface area contributed by atoms with E-state index in [-0.39, 0.29) is 36.1 Å². The van der Waals surface area contributed by atoms with E-state index in [1.165, 1.54) is 11.1 Å². The maximum Gasteiger partial charge on any atom is 0.192 e. The number of guanidine groups is 1. The Morgan fingerprint density at radius 2 is 1.79 bits per heavy atom. The molecule has 0 spiro atoms. The summed E-state index contributed by atoms with van der Waals surface area (Å²) in [6.07, 6.45) is 3.43. The number of halogens is 1. The van der Waals surface area contributed by atoms with Gasteiger partial charge in [-0.25, -0.2) is 0 Å². The second-order valence-electron chi connectivity index (χ2n) is 6.52. The van der Waals surface area contributed by atoms with E-state index in [4.69, 9.17) is 4.74 Å². The van der Waals surface area contributed by atoms with Crippen LogP contribution in [-0.2, 0) is 0 Å². The molecule has 0 aliphatic carbocycles. The Balaban J connectivity index is 0.00000225. The van der Waals surface area contributed by atoms with Crippen LogP contribution in [-0.4, -0.2) is 17.5 Å². The highest BCUT2D eigenvalue weighted by Gasteiger charge is 2.20. The van der Waals surface area contributed by atoms with Crippen molar-refractivity contribution in [3.8, 4) is 11.5 Å². The lowest BCUT2D eigenvalue weighted by molar-refractivity contribution is 0.480. The van der Waals surface area contributed by atoms with Gasteiger partial charge in [-0.05, 0) is 42.3 Å². The van der Waals surface area contributed by atoms with Gasteiger partial charge in [0.15, 0.2) is 5.96 Å². The predicted octanol–water partition coefficient (Wildman–Crippen LogP) is 4.84. The third-order valence-corrected chi connectivity index (χ3v) is 4.55. The van der Waals surface area contributed by atoms with Gasteiger partial charge in [-0.2, -0.15) is 0 Å². The monoisotopic (exact) mass is 486 g/mol. The molecule has 2 unspecified atom stereocenters. The highest BCUT2D eigenvalue weighted by atomic mass is 127. The van der Waals surface area contributed by atoms with Gasteiger partial charge >= 0.3 is 0 Å². The molecule has 2 atom stereocenters. The average molecular weight is 486 g/mol. The van der Waals surface area contributed by atoms with E-state index in [9.17, 15) is 0 Å². The van der Waals surface area contributed by atoms with Gasteiger partial charge in [0, 0.05) is 6.20 Å². The Kier molecular flexibility index (Phi) is 6.86. The lowest BCUT2D eigenvalue weighted by Gasteiger charge is -2.18. The molecular weight excluding hydrogens is 463 g/mol. The second kappa shape index (κ2) is 9.54. The molecule has 0 amide bonds. The topological polar surface area (TPSA) is 58.5 Å². The van der Waals surface area contributed by atoms with Gasteiger partial charge in [0.2, 0.25) is 0 Å². The minimum absolute atomic E-state index is 0. The van der Waals surface area contributed by atoms with Crippen LogP contribution in [0.1, 0.15) is 30.1 Å². The molecule has 2 heterocycles. The molecule has 0 radical (unpaired) electrons. The summed E-state index contributed by atoms with van der Waals surface area (Å²) in [7, 11) is 0. The highest BCUT2D eigenvalue weighted by molar-refractivity contribution is 14.0. The van der Waals surface area contributed by atoms with Gasteiger partial charge in [0.05, 0.1) is 24.8 Å².